The van der Waals surface area contributed by atoms with Crippen molar-refractivity contribution in [3.63, 3.8) is 0 Å². The zero-order valence-electron chi connectivity index (χ0n) is 11.9. The van der Waals surface area contributed by atoms with Crippen LogP contribution in [0.2, 0.25) is 5.02 Å². The Balaban J connectivity index is 1.96. The van der Waals surface area contributed by atoms with E-state index in [-0.39, 0.29) is 17.0 Å². The summed E-state index contributed by atoms with van der Waals surface area (Å²) in [6.45, 7) is 2.76. The number of hydrogen-bond acceptors (Lipinski definition) is 2. The maximum absolute atomic E-state index is 11.9. The summed E-state index contributed by atoms with van der Waals surface area (Å²) in [5.74, 6) is -1.06. The van der Waals surface area contributed by atoms with Gasteiger partial charge in [-0.3, -0.25) is 0 Å². The lowest BCUT2D eigenvalue weighted by molar-refractivity contribution is 0.0697. The highest BCUT2D eigenvalue weighted by atomic mass is 35.5. The van der Waals surface area contributed by atoms with Gasteiger partial charge in [-0.25, -0.2) is 9.59 Å². The molecule has 0 saturated heterocycles. The highest BCUT2D eigenvalue weighted by Gasteiger charge is 2.35. The van der Waals surface area contributed by atoms with Crippen LogP contribution < -0.4 is 10.6 Å². The molecule has 0 aromatic heterocycles. The van der Waals surface area contributed by atoms with Gasteiger partial charge in [-0.1, -0.05) is 24.9 Å². The molecule has 6 heteroatoms. The van der Waals surface area contributed by atoms with Crippen LogP contribution in [-0.2, 0) is 0 Å². The van der Waals surface area contributed by atoms with Crippen molar-refractivity contribution in [1.29, 1.82) is 0 Å². The monoisotopic (exact) mass is 310 g/mol. The first kappa shape index (κ1) is 15.6. The van der Waals surface area contributed by atoms with Gasteiger partial charge in [0.25, 0.3) is 0 Å². The lowest BCUT2D eigenvalue weighted by atomic mass is 9.67. The van der Waals surface area contributed by atoms with Crippen LogP contribution in [0.4, 0.5) is 10.5 Å². The molecule has 0 heterocycles. The van der Waals surface area contributed by atoms with Crippen molar-refractivity contribution >= 4 is 29.3 Å². The van der Waals surface area contributed by atoms with E-state index in [1.807, 2.05) is 0 Å². The summed E-state index contributed by atoms with van der Waals surface area (Å²) in [6, 6.07) is 3.84. The Kier molecular flexibility index (Phi) is 4.73. The molecule has 2 amide bonds. The number of rotatable bonds is 5. The van der Waals surface area contributed by atoms with Crippen molar-refractivity contribution in [3.8, 4) is 0 Å². The highest BCUT2D eigenvalue weighted by molar-refractivity contribution is 6.33. The van der Waals surface area contributed by atoms with Crippen LogP contribution in [0, 0.1) is 5.41 Å². The molecule has 0 aliphatic heterocycles. The minimum atomic E-state index is -1.06. The molecule has 1 saturated carbocycles. The maximum atomic E-state index is 11.9. The average Bonchev–Trinajstić information content (AvgIpc) is 2.40. The number of carbonyl (C=O) groups is 2. The Morgan fingerprint density at radius 3 is 2.62 bits per heavy atom. The summed E-state index contributed by atoms with van der Waals surface area (Å²) in [6.07, 6.45) is 4.53. The van der Waals surface area contributed by atoms with Crippen LogP contribution in [0.25, 0.3) is 0 Å². The molecule has 2 rings (SSSR count). The Morgan fingerprint density at radius 2 is 2.10 bits per heavy atom. The molecule has 0 bridgehead atoms. The Hall–Kier alpha value is -1.75. The SMILES string of the molecule is CCC1(CNC(=O)Nc2cc(C(=O)O)ccc2Cl)CCC1. The van der Waals surface area contributed by atoms with Gasteiger partial charge in [0.2, 0.25) is 0 Å². The molecule has 5 nitrogen and oxygen atoms in total. The van der Waals surface area contributed by atoms with Gasteiger partial charge >= 0.3 is 12.0 Å². The van der Waals surface area contributed by atoms with E-state index in [1.165, 1.54) is 24.6 Å². The smallest absolute Gasteiger partial charge is 0.335 e. The number of amides is 2. The van der Waals surface area contributed by atoms with Crippen molar-refractivity contribution in [1.82, 2.24) is 5.32 Å². The fourth-order valence-electron chi connectivity index (χ4n) is 2.52. The van der Waals surface area contributed by atoms with Gasteiger partial charge in [-0.15, -0.1) is 0 Å². The van der Waals surface area contributed by atoms with Crippen LogP contribution in [-0.4, -0.2) is 23.7 Å². The third-order valence-corrected chi connectivity index (χ3v) is 4.58. The molecule has 3 N–H and O–H groups in total. The number of urea groups is 1. The summed E-state index contributed by atoms with van der Waals surface area (Å²) < 4.78 is 0. The largest absolute Gasteiger partial charge is 0.478 e. The number of hydrogen-bond donors (Lipinski definition) is 3. The third-order valence-electron chi connectivity index (χ3n) is 4.25. The van der Waals surface area contributed by atoms with E-state index >= 15 is 0 Å². The minimum absolute atomic E-state index is 0.0821. The number of carboxylic acids is 1. The molecule has 1 aliphatic rings. The molecular weight excluding hydrogens is 292 g/mol. The molecule has 1 fully saturated rings. The first-order chi connectivity index (χ1) is 9.96. The van der Waals surface area contributed by atoms with E-state index in [9.17, 15) is 9.59 Å². The van der Waals surface area contributed by atoms with Crippen molar-refractivity contribution in [2.24, 2.45) is 5.41 Å². The van der Waals surface area contributed by atoms with Crippen LogP contribution in [0.3, 0.4) is 0 Å². The van der Waals surface area contributed by atoms with Gasteiger partial charge in [-0.2, -0.15) is 0 Å². The van der Waals surface area contributed by atoms with E-state index < -0.39 is 5.97 Å². The zero-order chi connectivity index (χ0) is 15.5. The normalized spacial score (nSPS) is 15.9. The van der Waals surface area contributed by atoms with Gasteiger partial charge in [0, 0.05) is 6.54 Å². The van der Waals surface area contributed by atoms with Gasteiger partial charge < -0.3 is 15.7 Å². The molecule has 1 aromatic carbocycles. The standard InChI is InChI=1S/C15H19ClN2O3/c1-2-15(6-3-7-15)9-17-14(21)18-12-8-10(13(19)20)4-5-11(12)16/h4-5,8H,2-3,6-7,9H2,1H3,(H,19,20)(H2,17,18,21). The predicted octanol–water partition coefficient (Wildman–Crippen LogP) is 3.74. The maximum Gasteiger partial charge on any atom is 0.335 e. The van der Waals surface area contributed by atoms with E-state index in [2.05, 4.69) is 17.6 Å². The zero-order valence-corrected chi connectivity index (χ0v) is 12.7. The van der Waals surface area contributed by atoms with Gasteiger partial charge in [-0.05, 0) is 42.9 Å². The number of aromatic carboxylic acids is 1. The number of carbonyl (C=O) groups excluding carboxylic acids is 1. The number of nitrogens with one attached hydrogen (secondary N) is 2. The van der Waals surface area contributed by atoms with Crippen molar-refractivity contribution in [2.45, 2.75) is 32.6 Å². The summed E-state index contributed by atoms with van der Waals surface area (Å²) in [5, 5.41) is 14.7. The second kappa shape index (κ2) is 6.35. The number of anilines is 1. The summed E-state index contributed by atoms with van der Waals surface area (Å²) in [5.41, 5.74) is 0.608. The predicted molar refractivity (Wildman–Crippen MR) is 82.0 cm³/mol. The fourth-order valence-corrected chi connectivity index (χ4v) is 2.69. The number of halogens is 1. The number of carboxylic acid groups (broad SMARTS) is 1. The lowest BCUT2D eigenvalue weighted by Gasteiger charge is -2.41. The van der Waals surface area contributed by atoms with Gasteiger partial charge in [0.1, 0.15) is 0 Å². The molecule has 0 unspecified atom stereocenters. The number of benzene rings is 1. The van der Waals surface area contributed by atoms with E-state index in [0.29, 0.717) is 17.3 Å². The quantitative estimate of drug-likeness (QED) is 0.775. The Bertz CT molecular complexity index is 550. The molecule has 0 atom stereocenters. The fraction of sp³-hybridized carbons (Fsp3) is 0.467. The molecule has 0 radical (unpaired) electrons. The second-order valence-corrected chi connectivity index (χ2v) is 5.92. The molecule has 21 heavy (non-hydrogen) atoms. The first-order valence-electron chi connectivity index (χ1n) is 7.03. The van der Waals surface area contributed by atoms with Crippen LogP contribution >= 0.6 is 11.6 Å². The summed E-state index contributed by atoms with van der Waals surface area (Å²) in [4.78, 5) is 22.8. The second-order valence-electron chi connectivity index (χ2n) is 5.51. The Labute approximate surface area is 128 Å². The molecule has 0 spiro atoms. The first-order valence-corrected chi connectivity index (χ1v) is 7.41. The van der Waals surface area contributed by atoms with E-state index in [1.54, 1.807) is 0 Å². The highest BCUT2D eigenvalue weighted by Crippen LogP contribution is 2.43. The van der Waals surface area contributed by atoms with E-state index in [0.717, 1.165) is 19.3 Å². The van der Waals surface area contributed by atoms with Crippen molar-refractivity contribution in [2.75, 3.05) is 11.9 Å². The Morgan fingerprint density at radius 1 is 1.38 bits per heavy atom. The van der Waals surface area contributed by atoms with Crippen LogP contribution in [0.1, 0.15) is 43.0 Å². The summed E-state index contributed by atoms with van der Waals surface area (Å²) >= 11 is 5.97. The molecule has 1 aromatic rings. The minimum Gasteiger partial charge on any atom is -0.478 e. The van der Waals surface area contributed by atoms with Gasteiger partial charge in [0.05, 0.1) is 16.3 Å². The third kappa shape index (κ3) is 3.67. The van der Waals surface area contributed by atoms with Crippen molar-refractivity contribution in [3.05, 3.63) is 28.8 Å². The van der Waals surface area contributed by atoms with Crippen LogP contribution in [0.15, 0.2) is 18.2 Å². The lowest BCUT2D eigenvalue weighted by Crippen LogP contribution is -2.43. The average molecular weight is 311 g/mol. The topological polar surface area (TPSA) is 78.4 Å². The molecule has 114 valence electrons. The summed E-state index contributed by atoms with van der Waals surface area (Å²) in [7, 11) is 0. The molecular formula is C15H19ClN2O3. The van der Waals surface area contributed by atoms with Crippen molar-refractivity contribution < 1.29 is 14.7 Å². The van der Waals surface area contributed by atoms with Crippen LogP contribution in [0.5, 0.6) is 0 Å². The molecule has 1 aliphatic carbocycles. The van der Waals surface area contributed by atoms with Gasteiger partial charge in [0.15, 0.2) is 0 Å². The van der Waals surface area contributed by atoms with E-state index in [4.69, 9.17) is 16.7 Å².